The molecule has 2 aromatic carbocycles. The number of aromatic nitrogens is 2. The van der Waals surface area contributed by atoms with Gasteiger partial charge in [-0.25, -0.2) is 14.8 Å². The third kappa shape index (κ3) is 3.81. The molecule has 2 heterocycles. The molecule has 4 rings (SSSR count). The van der Waals surface area contributed by atoms with Gasteiger partial charge < -0.3 is 15.0 Å². The molecule has 1 aromatic heterocycles. The van der Waals surface area contributed by atoms with E-state index < -0.39 is 0 Å². The van der Waals surface area contributed by atoms with E-state index >= 15 is 0 Å². The topological polar surface area (TPSA) is 67.3 Å². The molecule has 6 nitrogen and oxygen atoms in total. The molecule has 0 radical (unpaired) electrons. The Morgan fingerprint density at radius 1 is 1.07 bits per heavy atom. The SMILES string of the molecule is COC(=O)c1ccc(Nc2cc(N3CCc4ccccc4C3)nc(C)n2)cc1. The quantitative estimate of drug-likeness (QED) is 0.699. The van der Waals surface area contributed by atoms with Crippen LogP contribution in [0.5, 0.6) is 0 Å². The van der Waals surface area contributed by atoms with Gasteiger partial charge in [0.25, 0.3) is 0 Å². The number of benzene rings is 2. The van der Waals surface area contributed by atoms with Gasteiger partial charge in [0.15, 0.2) is 0 Å². The van der Waals surface area contributed by atoms with Crippen LogP contribution in [0.2, 0.25) is 0 Å². The number of nitrogens with one attached hydrogen (secondary N) is 1. The van der Waals surface area contributed by atoms with Crippen LogP contribution in [0, 0.1) is 6.92 Å². The first-order valence-corrected chi connectivity index (χ1v) is 9.25. The molecule has 1 aliphatic rings. The Morgan fingerprint density at radius 2 is 1.82 bits per heavy atom. The van der Waals surface area contributed by atoms with E-state index in [1.807, 2.05) is 25.1 Å². The molecule has 1 N–H and O–H groups in total. The summed E-state index contributed by atoms with van der Waals surface area (Å²) in [6.07, 6.45) is 1.01. The van der Waals surface area contributed by atoms with Crippen molar-refractivity contribution in [3.8, 4) is 0 Å². The fourth-order valence-electron chi connectivity index (χ4n) is 3.42. The third-order valence-electron chi connectivity index (χ3n) is 4.86. The van der Waals surface area contributed by atoms with Crippen molar-refractivity contribution in [2.45, 2.75) is 19.9 Å². The summed E-state index contributed by atoms with van der Waals surface area (Å²) in [7, 11) is 1.37. The lowest BCUT2D eigenvalue weighted by molar-refractivity contribution is 0.0601. The van der Waals surface area contributed by atoms with Crippen molar-refractivity contribution in [2.75, 3.05) is 23.9 Å². The highest BCUT2D eigenvalue weighted by Crippen LogP contribution is 2.25. The van der Waals surface area contributed by atoms with Crippen LogP contribution in [-0.4, -0.2) is 29.6 Å². The predicted octanol–water partition coefficient (Wildman–Crippen LogP) is 3.88. The highest BCUT2D eigenvalue weighted by molar-refractivity contribution is 5.89. The number of anilines is 3. The molecule has 3 aromatic rings. The number of esters is 1. The molecule has 0 bridgehead atoms. The number of carbonyl (C=O) groups excluding carboxylic acids is 1. The van der Waals surface area contributed by atoms with Crippen molar-refractivity contribution in [1.82, 2.24) is 9.97 Å². The fourth-order valence-corrected chi connectivity index (χ4v) is 3.42. The van der Waals surface area contributed by atoms with Crippen LogP contribution in [0.15, 0.2) is 54.6 Å². The van der Waals surface area contributed by atoms with E-state index in [2.05, 4.69) is 44.5 Å². The molecule has 0 amide bonds. The Balaban J connectivity index is 1.54. The normalized spacial score (nSPS) is 13.0. The molecular weight excluding hydrogens is 352 g/mol. The van der Waals surface area contributed by atoms with E-state index in [0.717, 1.165) is 36.8 Å². The lowest BCUT2D eigenvalue weighted by Gasteiger charge is -2.30. The molecule has 0 saturated carbocycles. The highest BCUT2D eigenvalue weighted by atomic mass is 16.5. The molecule has 0 saturated heterocycles. The summed E-state index contributed by atoms with van der Waals surface area (Å²) in [6, 6.07) is 17.6. The number of aryl methyl sites for hydroxylation is 1. The Hall–Kier alpha value is -3.41. The average Bonchev–Trinajstić information content (AvgIpc) is 2.73. The minimum atomic E-state index is -0.350. The average molecular weight is 374 g/mol. The van der Waals surface area contributed by atoms with Gasteiger partial charge in [-0.2, -0.15) is 0 Å². The minimum absolute atomic E-state index is 0.350. The second kappa shape index (κ2) is 7.68. The van der Waals surface area contributed by atoms with Crippen LogP contribution < -0.4 is 10.2 Å². The van der Waals surface area contributed by atoms with Crippen molar-refractivity contribution in [3.63, 3.8) is 0 Å². The highest BCUT2D eigenvalue weighted by Gasteiger charge is 2.18. The summed E-state index contributed by atoms with van der Waals surface area (Å²) in [5.74, 6) is 2.00. The Kier molecular flexibility index (Phi) is 4.93. The molecule has 0 fully saturated rings. The van der Waals surface area contributed by atoms with E-state index in [1.165, 1.54) is 18.2 Å². The molecule has 1 aliphatic heterocycles. The third-order valence-corrected chi connectivity index (χ3v) is 4.86. The van der Waals surface area contributed by atoms with Crippen molar-refractivity contribution in [1.29, 1.82) is 0 Å². The lowest BCUT2D eigenvalue weighted by Crippen LogP contribution is -2.31. The second-order valence-corrected chi connectivity index (χ2v) is 6.79. The van der Waals surface area contributed by atoms with Crippen LogP contribution in [-0.2, 0) is 17.7 Å². The van der Waals surface area contributed by atoms with E-state index in [4.69, 9.17) is 4.74 Å². The monoisotopic (exact) mass is 374 g/mol. The first-order chi connectivity index (χ1) is 13.6. The second-order valence-electron chi connectivity index (χ2n) is 6.79. The number of hydrogen-bond donors (Lipinski definition) is 1. The Morgan fingerprint density at radius 3 is 2.57 bits per heavy atom. The zero-order valence-corrected chi connectivity index (χ0v) is 16.0. The van der Waals surface area contributed by atoms with Crippen molar-refractivity contribution in [3.05, 3.63) is 77.1 Å². The maximum atomic E-state index is 11.6. The largest absolute Gasteiger partial charge is 0.465 e. The van der Waals surface area contributed by atoms with E-state index in [-0.39, 0.29) is 5.97 Å². The van der Waals surface area contributed by atoms with E-state index in [0.29, 0.717) is 11.4 Å². The van der Waals surface area contributed by atoms with Crippen LogP contribution in [0.4, 0.5) is 17.3 Å². The number of fused-ring (bicyclic) bond motifs is 1. The zero-order valence-electron chi connectivity index (χ0n) is 16.0. The lowest BCUT2D eigenvalue weighted by atomic mass is 10.00. The minimum Gasteiger partial charge on any atom is -0.465 e. The van der Waals surface area contributed by atoms with Gasteiger partial charge in [0.05, 0.1) is 12.7 Å². The Bertz CT molecular complexity index is 1000. The van der Waals surface area contributed by atoms with Crippen molar-refractivity contribution >= 4 is 23.3 Å². The standard InChI is InChI=1S/C22H22N4O2/c1-15-23-20(25-19-9-7-17(8-10-19)22(27)28-2)13-21(24-15)26-12-11-16-5-3-4-6-18(16)14-26/h3-10,13H,11-12,14H2,1-2H3,(H,23,24,25). The summed E-state index contributed by atoms with van der Waals surface area (Å²) >= 11 is 0. The van der Waals surface area contributed by atoms with Gasteiger partial charge in [0.2, 0.25) is 0 Å². The maximum absolute atomic E-state index is 11.6. The molecular formula is C22H22N4O2. The molecule has 142 valence electrons. The number of ether oxygens (including phenoxy) is 1. The number of nitrogens with zero attached hydrogens (tertiary/aromatic N) is 3. The summed E-state index contributed by atoms with van der Waals surface area (Å²) < 4.78 is 4.73. The molecule has 0 spiro atoms. The number of methoxy groups -OCH3 is 1. The molecule has 6 heteroatoms. The van der Waals surface area contributed by atoms with Gasteiger partial charge in [-0.1, -0.05) is 24.3 Å². The van der Waals surface area contributed by atoms with Gasteiger partial charge in [-0.15, -0.1) is 0 Å². The van der Waals surface area contributed by atoms with Gasteiger partial charge in [0, 0.05) is 24.8 Å². The number of carbonyl (C=O) groups is 1. The van der Waals surface area contributed by atoms with Crippen LogP contribution in [0.1, 0.15) is 27.3 Å². The Labute approximate surface area is 164 Å². The first kappa shape index (κ1) is 18.0. The summed E-state index contributed by atoms with van der Waals surface area (Å²) in [5.41, 5.74) is 4.12. The van der Waals surface area contributed by atoms with E-state index in [1.54, 1.807) is 12.1 Å². The first-order valence-electron chi connectivity index (χ1n) is 9.25. The van der Waals surface area contributed by atoms with Gasteiger partial charge in [-0.05, 0) is 48.7 Å². The van der Waals surface area contributed by atoms with Gasteiger partial charge in [0.1, 0.15) is 17.5 Å². The molecule has 28 heavy (non-hydrogen) atoms. The number of hydrogen-bond acceptors (Lipinski definition) is 6. The molecule has 0 aliphatic carbocycles. The molecule has 0 atom stereocenters. The van der Waals surface area contributed by atoms with E-state index in [9.17, 15) is 4.79 Å². The maximum Gasteiger partial charge on any atom is 0.337 e. The summed E-state index contributed by atoms with van der Waals surface area (Å²) in [6.45, 7) is 3.67. The zero-order chi connectivity index (χ0) is 19.5. The van der Waals surface area contributed by atoms with Crippen molar-refractivity contribution in [2.24, 2.45) is 0 Å². The smallest absolute Gasteiger partial charge is 0.337 e. The molecule has 0 unspecified atom stereocenters. The van der Waals surface area contributed by atoms with Gasteiger partial charge >= 0.3 is 5.97 Å². The van der Waals surface area contributed by atoms with Crippen LogP contribution >= 0.6 is 0 Å². The van der Waals surface area contributed by atoms with Crippen LogP contribution in [0.3, 0.4) is 0 Å². The summed E-state index contributed by atoms with van der Waals surface area (Å²) in [4.78, 5) is 23.0. The fraction of sp³-hybridized carbons (Fsp3) is 0.227. The summed E-state index contributed by atoms with van der Waals surface area (Å²) in [5, 5.41) is 3.30. The van der Waals surface area contributed by atoms with Gasteiger partial charge in [-0.3, -0.25) is 0 Å². The predicted molar refractivity (Wildman–Crippen MR) is 109 cm³/mol. The van der Waals surface area contributed by atoms with Crippen molar-refractivity contribution < 1.29 is 9.53 Å². The van der Waals surface area contributed by atoms with Crippen LogP contribution in [0.25, 0.3) is 0 Å². The number of rotatable bonds is 4.